The lowest BCUT2D eigenvalue weighted by Crippen LogP contribution is -2.34. The summed E-state index contributed by atoms with van der Waals surface area (Å²) >= 11 is 0. The highest BCUT2D eigenvalue weighted by Crippen LogP contribution is 2.39. The Morgan fingerprint density at radius 3 is 2.50 bits per heavy atom. The molecule has 0 saturated heterocycles. The van der Waals surface area contributed by atoms with Crippen LogP contribution < -0.4 is 10.6 Å². The predicted octanol–water partition coefficient (Wildman–Crippen LogP) is 4.02. The van der Waals surface area contributed by atoms with Crippen molar-refractivity contribution in [2.75, 3.05) is 10.6 Å². The van der Waals surface area contributed by atoms with Gasteiger partial charge in [-0.15, -0.1) is 0 Å². The van der Waals surface area contributed by atoms with Gasteiger partial charge in [-0.25, -0.2) is 8.78 Å². The number of nitrogens with two attached hydrogens (primary N) is 1. The Hall–Kier alpha value is -2.10. The second-order valence-corrected chi connectivity index (χ2v) is 5.22. The Morgan fingerprint density at radius 2 is 1.80 bits per heavy atom. The SMILES string of the molecule is CC1CCc2ccccc2N1c1c(F)cc(N)cc1F. The molecule has 0 bridgehead atoms. The molecule has 1 heterocycles. The van der Waals surface area contributed by atoms with Crippen LogP contribution in [0.5, 0.6) is 0 Å². The standard InChI is InChI=1S/C16H16F2N2/c1-10-6-7-11-4-2-3-5-15(11)20(10)16-13(17)8-12(19)9-14(16)18/h2-5,8-10H,6-7,19H2,1H3. The second kappa shape index (κ2) is 4.78. The molecule has 3 rings (SSSR count). The number of para-hydroxylation sites is 1. The number of fused-ring (bicyclic) bond motifs is 1. The normalized spacial score (nSPS) is 17.9. The van der Waals surface area contributed by atoms with Crippen molar-refractivity contribution in [2.24, 2.45) is 0 Å². The molecule has 1 aliphatic heterocycles. The first-order valence-corrected chi connectivity index (χ1v) is 6.69. The van der Waals surface area contributed by atoms with Gasteiger partial charge >= 0.3 is 0 Å². The molecule has 0 amide bonds. The number of halogens is 2. The number of nitrogens with zero attached hydrogens (tertiary/aromatic N) is 1. The Balaban J connectivity index is 2.19. The van der Waals surface area contributed by atoms with Gasteiger partial charge in [0.1, 0.15) is 5.69 Å². The van der Waals surface area contributed by atoms with E-state index in [1.807, 2.05) is 31.2 Å². The third-order valence-corrected chi connectivity index (χ3v) is 3.80. The van der Waals surface area contributed by atoms with Gasteiger partial charge in [-0.2, -0.15) is 0 Å². The van der Waals surface area contributed by atoms with Crippen LogP contribution in [0.25, 0.3) is 0 Å². The van der Waals surface area contributed by atoms with Gasteiger partial charge in [0.05, 0.1) is 0 Å². The van der Waals surface area contributed by atoms with Gasteiger partial charge < -0.3 is 10.6 Å². The summed E-state index contributed by atoms with van der Waals surface area (Å²) < 4.78 is 28.4. The summed E-state index contributed by atoms with van der Waals surface area (Å²) in [5.74, 6) is -1.24. The largest absolute Gasteiger partial charge is 0.399 e. The number of benzene rings is 2. The third kappa shape index (κ3) is 2.01. The quantitative estimate of drug-likeness (QED) is 0.796. The zero-order chi connectivity index (χ0) is 14.3. The van der Waals surface area contributed by atoms with Crippen LogP contribution in [-0.4, -0.2) is 6.04 Å². The lowest BCUT2D eigenvalue weighted by atomic mass is 9.95. The maximum atomic E-state index is 14.2. The number of rotatable bonds is 1. The van der Waals surface area contributed by atoms with E-state index in [4.69, 9.17) is 5.73 Å². The average molecular weight is 274 g/mol. The molecule has 20 heavy (non-hydrogen) atoms. The molecule has 0 aromatic heterocycles. The smallest absolute Gasteiger partial charge is 0.151 e. The van der Waals surface area contributed by atoms with E-state index in [2.05, 4.69) is 0 Å². The zero-order valence-electron chi connectivity index (χ0n) is 11.2. The van der Waals surface area contributed by atoms with Crippen molar-refractivity contribution in [3.63, 3.8) is 0 Å². The first-order chi connectivity index (χ1) is 9.58. The second-order valence-electron chi connectivity index (χ2n) is 5.22. The van der Waals surface area contributed by atoms with Crippen LogP contribution in [0.15, 0.2) is 36.4 Å². The van der Waals surface area contributed by atoms with E-state index in [0.717, 1.165) is 24.1 Å². The van der Waals surface area contributed by atoms with Crippen molar-refractivity contribution < 1.29 is 8.78 Å². The van der Waals surface area contributed by atoms with Crippen molar-refractivity contribution in [1.29, 1.82) is 0 Å². The van der Waals surface area contributed by atoms with Gasteiger partial charge in [-0.3, -0.25) is 0 Å². The van der Waals surface area contributed by atoms with Gasteiger partial charge in [0, 0.05) is 17.4 Å². The minimum atomic E-state index is -0.619. The lowest BCUT2D eigenvalue weighted by molar-refractivity contribution is 0.550. The van der Waals surface area contributed by atoms with E-state index in [1.165, 1.54) is 12.1 Å². The van der Waals surface area contributed by atoms with E-state index in [-0.39, 0.29) is 17.4 Å². The number of aryl methyl sites for hydroxylation is 1. The van der Waals surface area contributed by atoms with Gasteiger partial charge in [0.25, 0.3) is 0 Å². The topological polar surface area (TPSA) is 29.3 Å². The van der Waals surface area contributed by atoms with Gasteiger partial charge in [0.15, 0.2) is 11.6 Å². The highest BCUT2D eigenvalue weighted by atomic mass is 19.1. The molecule has 2 aromatic carbocycles. The minimum Gasteiger partial charge on any atom is -0.399 e. The maximum absolute atomic E-state index is 14.2. The van der Waals surface area contributed by atoms with E-state index in [0.29, 0.717) is 0 Å². The van der Waals surface area contributed by atoms with E-state index >= 15 is 0 Å². The maximum Gasteiger partial charge on any atom is 0.151 e. The van der Waals surface area contributed by atoms with Crippen molar-refractivity contribution in [2.45, 2.75) is 25.8 Å². The van der Waals surface area contributed by atoms with Crippen molar-refractivity contribution in [1.82, 2.24) is 0 Å². The van der Waals surface area contributed by atoms with Gasteiger partial charge in [-0.1, -0.05) is 18.2 Å². The highest BCUT2D eigenvalue weighted by Gasteiger charge is 2.28. The minimum absolute atomic E-state index is 0.0150. The molecule has 1 atom stereocenters. The molecular formula is C16H16F2N2. The Bertz CT molecular complexity index is 632. The Kier molecular flexibility index (Phi) is 3.08. The monoisotopic (exact) mass is 274 g/mol. The first kappa shape index (κ1) is 12.9. The molecular weight excluding hydrogens is 258 g/mol. The fourth-order valence-corrected chi connectivity index (χ4v) is 2.84. The molecule has 4 heteroatoms. The van der Waals surface area contributed by atoms with E-state index in [9.17, 15) is 8.78 Å². The number of anilines is 3. The molecule has 0 aliphatic carbocycles. The number of nitrogen functional groups attached to an aromatic ring is 1. The summed E-state index contributed by atoms with van der Waals surface area (Å²) in [4.78, 5) is 1.74. The molecule has 0 radical (unpaired) electrons. The van der Waals surface area contributed by atoms with E-state index in [1.54, 1.807) is 4.90 Å². The van der Waals surface area contributed by atoms with Crippen LogP contribution in [0.1, 0.15) is 18.9 Å². The molecule has 2 aromatic rings. The van der Waals surface area contributed by atoms with Crippen molar-refractivity contribution in [3.05, 3.63) is 53.6 Å². The van der Waals surface area contributed by atoms with Crippen LogP contribution in [-0.2, 0) is 6.42 Å². The molecule has 104 valence electrons. The highest BCUT2D eigenvalue weighted by molar-refractivity contribution is 5.71. The summed E-state index contributed by atoms with van der Waals surface area (Å²) in [6.07, 6.45) is 1.78. The zero-order valence-corrected chi connectivity index (χ0v) is 11.2. The van der Waals surface area contributed by atoms with Crippen LogP contribution in [0.2, 0.25) is 0 Å². The van der Waals surface area contributed by atoms with Crippen LogP contribution in [0.3, 0.4) is 0 Å². The predicted molar refractivity (Wildman–Crippen MR) is 77.1 cm³/mol. The van der Waals surface area contributed by atoms with Crippen LogP contribution in [0.4, 0.5) is 25.8 Å². The first-order valence-electron chi connectivity index (χ1n) is 6.69. The molecule has 2 N–H and O–H groups in total. The van der Waals surface area contributed by atoms with Crippen molar-refractivity contribution >= 4 is 17.1 Å². The van der Waals surface area contributed by atoms with Crippen molar-refractivity contribution in [3.8, 4) is 0 Å². The van der Waals surface area contributed by atoms with Crippen LogP contribution in [0, 0.1) is 11.6 Å². The van der Waals surface area contributed by atoms with Gasteiger partial charge in [0.2, 0.25) is 0 Å². The molecule has 0 fully saturated rings. The fourth-order valence-electron chi connectivity index (χ4n) is 2.84. The van der Waals surface area contributed by atoms with Gasteiger partial charge in [-0.05, 0) is 43.5 Å². The third-order valence-electron chi connectivity index (χ3n) is 3.80. The Morgan fingerprint density at radius 1 is 1.15 bits per heavy atom. The lowest BCUT2D eigenvalue weighted by Gasteiger charge is -2.37. The summed E-state index contributed by atoms with van der Waals surface area (Å²) in [6, 6.07) is 10.1. The number of hydrogen-bond donors (Lipinski definition) is 1. The summed E-state index contributed by atoms with van der Waals surface area (Å²) in [6.45, 7) is 1.98. The molecule has 1 unspecified atom stereocenters. The molecule has 0 saturated carbocycles. The fraction of sp³-hybridized carbons (Fsp3) is 0.250. The Labute approximate surface area is 116 Å². The number of hydrogen-bond acceptors (Lipinski definition) is 2. The molecule has 1 aliphatic rings. The van der Waals surface area contributed by atoms with E-state index < -0.39 is 11.6 Å². The van der Waals surface area contributed by atoms with Crippen LogP contribution >= 0.6 is 0 Å². The summed E-state index contributed by atoms with van der Waals surface area (Å²) in [5, 5.41) is 0. The summed E-state index contributed by atoms with van der Waals surface area (Å²) in [7, 11) is 0. The molecule has 2 nitrogen and oxygen atoms in total. The summed E-state index contributed by atoms with van der Waals surface area (Å²) in [5.41, 5.74) is 7.55. The molecule has 0 spiro atoms. The average Bonchev–Trinajstić information content (AvgIpc) is 2.40.